The Labute approximate surface area is 121 Å². The summed E-state index contributed by atoms with van der Waals surface area (Å²) >= 11 is 11.8. The van der Waals surface area contributed by atoms with Crippen molar-refractivity contribution in [1.29, 1.82) is 0 Å². The summed E-state index contributed by atoms with van der Waals surface area (Å²) in [4.78, 5) is 12.0. The predicted molar refractivity (Wildman–Crippen MR) is 77.4 cm³/mol. The second-order valence-corrected chi connectivity index (χ2v) is 4.65. The number of benzene rings is 2. The minimum atomic E-state index is -0.244. The summed E-state index contributed by atoms with van der Waals surface area (Å²) in [5.74, 6) is 0.289. The van der Waals surface area contributed by atoms with Crippen LogP contribution in [0.1, 0.15) is 10.4 Å². The molecule has 5 heteroatoms. The van der Waals surface area contributed by atoms with Crippen LogP contribution in [0.25, 0.3) is 0 Å². The van der Waals surface area contributed by atoms with E-state index in [1.807, 2.05) is 0 Å². The predicted octanol–water partition coefficient (Wildman–Crippen LogP) is 4.25. The van der Waals surface area contributed by atoms with Crippen LogP contribution in [0.15, 0.2) is 42.5 Å². The highest BCUT2D eigenvalue weighted by Gasteiger charge is 2.09. The van der Waals surface area contributed by atoms with Gasteiger partial charge < -0.3 is 10.1 Å². The second kappa shape index (κ2) is 5.95. The first-order valence-corrected chi connectivity index (χ1v) is 6.26. The van der Waals surface area contributed by atoms with Crippen molar-refractivity contribution in [3.05, 3.63) is 58.1 Å². The van der Waals surface area contributed by atoms with Gasteiger partial charge in [0.2, 0.25) is 0 Å². The van der Waals surface area contributed by atoms with Gasteiger partial charge in [0.1, 0.15) is 5.75 Å². The fraction of sp³-hybridized carbons (Fsp3) is 0.0714. The molecule has 1 amide bonds. The Kier molecular flexibility index (Phi) is 4.30. The molecule has 98 valence electrons. The molecule has 0 aromatic heterocycles. The third kappa shape index (κ3) is 3.40. The van der Waals surface area contributed by atoms with Gasteiger partial charge in [-0.2, -0.15) is 0 Å². The summed E-state index contributed by atoms with van der Waals surface area (Å²) in [5, 5.41) is 3.76. The van der Waals surface area contributed by atoms with Crippen LogP contribution in [-0.2, 0) is 0 Å². The highest BCUT2D eigenvalue weighted by atomic mass is 35.5. The third-order valence-electron chi connectivity index (χ3n) is 2.52. The molecule has 0 bridgehead atoms. The molecule has 0 spiro atoms. The lowest BCUT2D eigenvalue weighted by atomic mass is 10.2. The standard InChI is InChI=1S/C14H11Cl2NO2/c1-19-13-7-2-9(8-12(13)16)14(18)17-11-5-3-10(15)4-6-11/h2-8H,1H3,(H,17,18). The molecule has 0 fully saturated rings. The Hall–Kier alpha value is -1.71. The molecule has 0 radical (unpaired) electrons. The molecule has 19 heavy (non-hydrogen) atoms. The number of hydrogen-bond donors (Lipinski definition) is 1. The number of hydrogen-bond acceptors (Lipinski definition) is 2. The van der Waals surface area contributed by atoms with Crippen LogP contribution < -0.4 is 10.1 Å². The maximum atomic E-state index is 12.0. The van der Waals surface area contributed by atoms with E-state index in [2.05, 4.69) is 5.32 Å². The lowest BCUT2D eigenvalue weighted by molar-refractivity contribution is 0.102. The first-order valence-electron chi connectivity index (χ1n) is 5.50. The monoisotopic (exact) mass is 295 g/mol. The molecule has 2 aromatic rings. The molecule has 0 saturated carbocycles. The molecule has 0 aliphatic rings. The molecule has 3 nitrogen and oxygen atoms in total. The number of carbonyl (C=O) groups excluding carboxylic acids is 1. The van der Waals surface area contributed by atoms with Gasteiger partial charge in [-0.3, -0.25) is 4.79 Å². The number of nitrogens with one attached hydrogen (secondary N) is 1. The molecule has 0 aliphatic heterocycles. The number of anilines is 1. The zero-order chi connectivity index (χ0) is 13.8. The zero-order valence-electron chi connectivity index (χ0n) is 10.1. The first-order chi connectivity index (χ1) is 9.10. The Morgan fingerprint density at radius 2 is 1.79 bits per heavy atom. The van der Waals surface area contributed by atoms with E-state index < -0.39 is 0 Å². The van der Waals surface area contributed by atoms with Crippen molar-refractivity contribution in [3.63, 3.8) is 0 Å². The largest absolute Gasteiger partial charge is 0.495 e. The van der Waals surface area contributed by atoms with Gasteiger partial charge in [0, 0.05) is 16.3 Å². The van der Waals surface area contributed by atoms with Gasteiger partial charge in [0.05, 0.1) is 12.1 Å². The van der Waals surface area contributed by atoms with Crippen molar-refractivity contribution in [3.8, 4) is 5.75 Å². The number of halogens is 2. The van der Waals surface area contributed by atoms with Crippen LogP contribution in [-0.4, -0.2) is 13.0 Å². The van der Waals surface area contributed by atoms with Gasteiger partial charge in [0.25, 0.3) is 5.91 Å². The zero-order valence-corrected chi connectivity index (χ0v) is 11.6. The van der Waals surface area contributed by atoms with Crippen LogP contribution >= 0.6 is 23.2 Å². The second-order valence-electron chi connectivity index (χ2n) is 3.81. The van der Waals surface area contributed by atoms with Crippen molar-refractivity contribution < 1.29 is 9.53 Å². The van der Waals surface area contributed by atoms with Crippen molar-refractivity contribution in [2.75, 3.05) is 12.4 Å². The number of methoxy groups -OCH3 is 1. The Morgan fingerprint density at radius 3 is 2.37 bits per heavy atom. The lowest BCUT2D eigenvalue weighted by Crippen LogP contribution is -2.11. The highest BCUT2D eigenvalue weighted by Crippen LogP contribution is 2.25. The summed E-state index contributed by atoms with van der Waals surface area (Å²) in [6.45, 7) is 0. The van der Waals surface area contributed by atoms with Crippen molar-refractivity contribution in [2.45, 2.75) is 0 Å². The van der Waals surface area contributed by atoms with E-state index in [1.54, 1.807) is 42.5 Å². The van der Waals surface area contributed by atoms with Crippen molar-refractivity contribution in [2.24, 2.45) is 0 Å². The van der Waals surface area contributed by atoms with Crippen LogP contribution in [0.5, 0.6) is 5.75 Å². The fourth-order valence-corrected chi connectivity index (χ4v) is 1.93. The summed E-state index contributed by atoms with van der Waals surface area (Å²) < 4.78 is 5.03. The van der Waals surface area contributed by atoms with E-state index in [-0.39, 0.29) is 5.91 Å². The van der Waals surface area contributed by atoms with E-state index >= 15 is 0 Å². The van der Waals surface area contributed by atoms with Crippen molar-refractivity contribution in [1.82, 2.24) is 0 Å². The number of amides is 1. The van der Waals surface area contributed by atoms with Crippen molar-refractivity contribution >= 4 is 34.8 Å². The average Bonchev–Trinajstić information content (AvgIpc) is 2.41. The molecular formula is C14H11Cl2NO2. The summed E-state index contributed by atoms with van der Waals surface area (Å²) in [6.07, 6.45) is 0. The van der Waals surface area contributed by atoms with Crippen LogP contribution in [0, 0.1) is 0 Å². The number of rotatable bonds is 3. The number of carbonyl (C=O) groups is 1. The van der Waals surface area contributed by atoms with Gasteiger partial charge >= 0.3 is 0 Å². The smallest absolute Gasteiger partial charge is 0.255 e. The molecule has 2 aromatic carbocycles. The Morgan fingerprint density at radius 1 is 1.11 bits per heavy atom. The molecule has 0 atom stereocenters. The van der Waals surface area contributed by atoms with Crippen LogP contribution in [0.2, 0.25) is 10.0 Å². The summed E-state index contributed by atoms with van der Waals surface area (Å²) in [6, 6.07) is 11.7. The minimum Gasteiger partial charge on any atom is -0.495 e. The van der Waals surface area contributed by atoms with Gasteiger partial charge in [-0.15, -0.1) is 0 Å². The molecule has 1 N–H and O–H groups in total. The quantitative estimate of drug-likeness (QED) is 0.919. The maximum Gasteiger partial charge on any atom is 0.255 e. The normalized spacial score (nSPS) is 10.1. The van der Waals surface area contributed by atoms with Crippen LogP contribution in [0.4, 0.5) is 5.69 Å². The SMILES string of the molecule is COc1ccc(C(=O)Nc2ccc(Cl)cc2)cc1Cl. The average molecular weight is 296 g/mol. The van der Waals surface area contributed by atoms with Crippen LogP contribution in [0.3, 0.4) is 0 Å². The number of ether oxygens (including phenoxy) is 1. The third-order valence-corrected chi connectivity index (χ3v) is 3.06. The molecule has 0 saturated heterocycles. The van der Waals surface area contributed by atoms with E-state index in [0.717, 1.165) is 0 Å². The molecular weight excluding hydrogens is 285 g/mol. The van der Waals surface area contributed by atoms with E-state index in [0.29, 0.717) is 27.0 Å². The van der Waals surface area contributed by atoms with E-state index in [4.69, 9.17) is 27.9 Å². The van der Waals surface area contributed by atoms with E-state index in [9.17, 15) is 4.79 Å². The molecule has 0 heterocycles. The highest BCUT2D eigenvalue weighted by molar-refractivity contribution is 6.32. The van der Waals surface area contributed by atoms with Gasteiger partial charge in [-0.1, -0.05) is 23.2 Å². The van der Waals surface area contributed by atoms with Gasteiger partial charge in [0.15, 0.2) is 0 Å². The topological polar surface area (TPSA) is 38.3 Å². The Balaban J connectivity index is 2.16. The van der Waals surface area contributed by atoms with Gasteiger partial charge in [-0.05, 0) is 42.5 Å². The maximum absolute atomic E-state index is 12.0. The van der Waals surface area contributed by atoms with Gasteiger partial charge in [-0.25, -0.2) is 0 Å². The summed E-state index contributed by atoms with van der Waals surface area (Å²) in [5.41, 5.74) is 1.13. The lowest BCUT2D eigenvalue weighted by Gasteiger charge is -2.07. The first kappa shape index (κ1) is 13.7. The minimum absolute atomic E-state index is 0.244. The van der Waals surface area contributed by atoms with E-state index in [1.165, 1.54) is 7.11 Å². The molecule has 0 unspecified atom stereocenters. The fourth-order valence-electron chi connectivity index (χ4n) is 1.54. The molecule has 2 rings (SSSR count). The Bertz CT molecular complexity index is 597. The molecule has 0 aliphatic carbocycles. The summed E-state index contributed by atoms with van der Waals surface area (Å²) in [7, 11) is 1.52.